The molecule has 0 radical (unpaired) electrons. The van der Waals surface area contributed by atoms with E-state index in [2.05, 4.69) is 31.0 Å². The number of halogens is 1. The van der Waals surface area contributed by atoms with E-state index in [4.69, 9.17) is 0 Å². The van der Waals surface area contributed by atoms with Crippen molar-refractivity contribution in [2.75, 3.05) is 11.3 Å². The van der Waals surface area contributed by atoms with E-state index in [1.54, 1.807) is 24.4 Å². The first kappa shape index (κ1) is 16.4. The van der Waals surface area contributed by atoms with Crippen LogP contribution >= 0.6 is 27.3 Å². The number of hydrogen-bond donors (Lipinski definition) is 2. The van der Waals surface area contributed by atoms with Crippen LogP contribution in [0.1, 0.15) is 25.5 Å². The maximum atomic E-state index is 12.4. The molecule has 0 fully saturated rings. The van der Waals surface area contributed by atoms with E-state index in [0.29, 0.717) is 5.13 Å². The lowest BCUT2D eigenvalue weighted by Crippen LogP contribution is -2.18. The molecule has 2 rings (SSSR count). The second-order valence-electron chi connectivity index (χ2n) is 4.43. The molecular formula is C13H16BrN3O2S2. The second kappa shape index (κ2) is 6.87. The number of sulfonamides is 1. The Hall–Kier alpha value is -0.960. The average molecular weight is 390 g/mol. The van der Waals surface area contributed by atoms with Crippen molar-refractivity contribution in [1.29, 1.82) is 0 Å². The van der Waals surface area contributed by atoms with Crippen LogP contribution in [-0.4, -0.2) is 19.9 Å². The number of nitrogens with one attached hydrogen (secondary N) is 2. The van der Waals surface area contributed by atoms with Crippen LogP contribution in [0, 0.1) is 0 Å². The summed E-state index contributed by atoms with van der Waals surface area (Å²) in [4.78, 5) is 4.21. The molecule has 1 aromatic heterocycles. The number of nitrogens with zero attached hydrogens (tertiary/aromatic N) is 1. The molecule has 1 atom stereocenters. The molecule has 0 aliphatic rings. The number of benzene rings is 1. The lowest BCUT2D eigenvalue weighted by atomic mass is 10.1. The van der Waals surface area contributed by atoms with E-state index >= 15 is 0 Å². The lowest BCUT2D eigenvalue weighted by molar-refractivity contribution is 0.592. The molecule has 114 valence electrons. The minimum Gasteiger partial charge on any atom is -0.310 e. The highest BCUT2D eigenvalue weighted by Crippen LogP contribution is 2.26. The molecule has 0 saturated carbocycles. The Labute approximate surface area is 137 Å². The first-order chi connectivity index (χ1) is 9.92. The molecule has 0 saturated heterocycles. The number of hydrogen-bond acceptors (Lipinski definition) is 5. The van der Waals surface area contributed by atoms with Gasteiger partial charge in [0, 0.05) is 6.04 Å². The van der Waals surface area contributed by atoms with Crippen molar-refractivity contribution < 1.29 is 8.42 Å². The molecule has 5 nitrogen and oxygen atoms in total. The molecule has 2 aromatic rings. The van der Waals surface area contributed by atoms with Crippen LogP contribution in [0.25, 0.3) is 0 Å². The fraction of sp³-hybridized carbons (Fsp3) is 0.308. The Bertz CT molecular complexity index is 716. The van der Waals surface area contributed by atoms with E-state index in [0.717, 1.165) is 15.9 Å². The largest absolute Gasteiger partial charge is 0.310 e. The number of aromatic nitrogens is 1. The van der Waals surface area contributed by atoms with Crippen molar-refractivity contribution in [2.45, 2.75) is 24.8 Å². The SMILES string of the molecule is CCNC(C)c1cccc(S(=O)(=O)Nc2ncc(Br)s2)c1. The van der Waals surface area contributed by atoms with Crippen molar-refractivity contribution in [3.05, 3.63) is 39.8 Å². The van der Waals surface area contributed by atoms with Crippen LogP contribution < -0.4 is 10.0 Å². The zero-order chi connectivity index (χ0) is 15.5. The zero-order valence-corrected chi connectivity index (χ0v) is 14.8. The van der Waals surface area contributed by atoms with Crippen LogP contribution in [0.4, 0.5) is 5.13 Å². The molecule has 1 aromatic carbocycles. The van der Waals surface area contributed by atoms with Crippen molar-refractivity contribution >= 4 is 42.4 Å². The predicted molar refractivity (Wildman–Crippen MR) is 89.2 cm³/mol. The van der Waals surface area contributed by atoms with E-state index in [1.807, 2.05) is 19.9 Å². The van der Waals surface area contributed by atoms with Gasteiger partial charge in [0.2, 0.25) is 0 Å². The first-order valence-corrected chi connectivity index (χ1v) is 9.49. The highest BCUT2D eigenvalue weighted by atomic mass is 79.9. The summed E-state index contributed by atoms with van der Waals surface area (Å²) in [5.41, 5.74) is 0.931. The topological polar surface area (TPSA) is 71.1 Å². The monoisotopic (exact) mass is 389 g/mol. The maximum Gasteiger partial charge on any atom is 0.263 e. The molecule has 0 amide bonds. The van der Waals surface area contributed by atoms with E-state index < -0.39 is 10.0 Å². The van der Waals surface area contributed by atoms with Crippen LogP contribution in [0.2, 0.25) is 0 Å². The first-order valence-electron chi connectivity index (χ1n) is 6.40. The average Bonchev–Trinajstić information content (AvgIpc) is 2.84. The normalized spacial score (nSPS) is 13.1. The van der Waals surface area contributed by atoms with Crippen LogP contribution in [0.15, 0.2) is 39.1 Å². The molecule has 0 aliphatic heterocycles. The summed E-state index contributed by atoms with van der Waals surface area (Å²) in [5, 5.41) is 3.60. The number of rotatable bonds is 6. The Morgan fingerprint density at radius 3 is 2.81 bits per heavy atom. The Morgan fingerprint density at radius 2 is 2.19 bits per heavy atom. The van der Waals surface area contributed by atoms with Crippen LogP contribution in [-0.2, 0) is 10.0 Å². The Balaban J connectivity index is 2.25. The van der Waals surface area contributed by atoms with Crippen molar-refractivity contribution in [3.63, 3.8) is 0 Å². The van der Waals surface area contributed by atoms with Gasteiger partial charge in [0.25, 0.3) is 10.0 Å². The van der Waals surface area contributed by atoms with Crippen molar-refractivity contribution in [1.82, 2.24) is 10.3 Å². The summed E-state index contributed by atoms with van der Waals surface area (Å²) in [5.74, 6) is 0. The highest BCUT2D eigenvalue weighted by molar-refractivity contribution is 9.11. The van der Waals surface area contributed by atoms with Gasteiger partial charge in [-0.3, -0.25) is 4.72 Å². The second-order valence-corrected chi connectivity index (χ2v) is 8.52. The maximum absolute atomic E-state index is 12.4. The minimum atomic E-state index is -3.62. The van der Waals surface area contributed by atoms with Crippen LogP contribution in [0.5, 0.6) is 0 Å². The van der Waals surface area contributed by atoms with Crippen LogP contribution in [0.3, 0.4) is 0 Å². The van der Waals surface area contributed by atoms with Gasteiger partial charge in [0.1, 0.15) is 0 Å². The minimum absolute atomic E-state index is 0.0964. The molecule has 1 heterocycles. The molecule has 21 heavy (non-hydrogen) atoms. The smallest absolute Gasteiger partial charge is 0.263 e. The summed E-state index contributed by atoms with van der Waals surface area (Å²) >= 11 is 4.49. The molecule has 0 bridgehead atoms. The van der Waals surface area contributed by atoms with Gasteiger partial charge in [-0.1, -0.05) is 30.4 Å². The fourth-order valence-corrected chi connectivity index (χ4v) is 4.25. The van der Waals surface area contributed by atoms with Gasteiger partial charge < -0.3 is 5.32 Å². The lowest BCUT2D eigenvalue weighted by Gasteiger charge is -2.14. The summed E-state index contributed by atoms with van der Waals surface area (Å²) in [6.45, 7) is 4.84. The third kappa shape index (κ3) is 4.26. The van der Waals surface area contributed by atoms with Gasteiger partial charge in [-0.2, -0.15) is 0 Å². The van der Waals surface area contributed by atoms with E-state index in [9.17, 15) is 8.42 Å². The molecule has 0 aliphatic carbocycles. The van der Waals surface area contributed by atoms with Gasteiger partial charge in [0.05, 0.1) is 14.9 Å². The molecule has 0 spiro atoms. The Morgan fingerprint density at radius 1 is 1.43 bits per heavy atom. The van der Waals surface area contributed by atoms with Crippen molar-refractivity contribution in [2.24, 2.45) is 0 Å². The summed E-state index contributed by atoms with van der Waals surface area (Å²) in [7, 11) is -3.62. The summed E-state index contributed by atoms with van der Waals surface area (Å²) < 4.78 is 28.0. The third-order valence-corrected chi connectivity index (χ3v) is 5.74. The van der Waals surface area contributed by atoms with Gasteiger partial charge in [-0.15, -0.1) is 0 Å². The highest BCUT2D eigenvalue weighted by Gasteiger charge is 2.17. The predicted octanol–water partition coefficient (Wildman–Crippen LogP) is 3.38. The van der Waals surface area contributed by atoms with Gasteiger partial charge in [-0.25, -0.2) is 13.4 Å². The fourth-order valence-electron chi connectivity index (χ4n) is 1.85. The summed E-state index contributed by atoms with van der Waals surface area (Å²) in [6.07, 6.45) is 1.56. The molecular weight excluding hydrogens is 374 g/mol. The van der Waals surface area contributed by atoms with Gasteiger partial charge >= 0.3 is 0 Å². The van der Waals surface area contributed by atoms with Crippen molar-refractivity contribution in [3.8, 4) is 0 Å². The standard InChI is InChI=1S/C13H16BrN3O2S2/c1-3-15-9(2)10-5-4-6-11(7-10)21(18,19)17-13-16-8-12(14)20-13/h4-9,15H,3H2,1-2H3,(H,16,17). The Kier molecular flexibility index (Phi) is 5.37. The number of anilines is 1. The quantitative estimate of drug-likeness (QED) is 0.794. The summed E-state index contributed by atoms with van der Waals surface area (Å²) in [6, 6.07) is 7.01. The molecule has 1 unspecified atom stereocenters. The number of thiazole rings is 1. The van der Waals surface area contributed by atoms with Gasteiger partial charge in [0.15, 0.2) is 5.13 Å². The van der Waals surface area contributed by atoms with Gasteiger partial charge in [-0.05, 0) is 47.1 Å². The molecule has 8 heteroatoms. The van der Waals surface area contributed by atoms with E-state index in [1.165, 1.54) is 11.3 Å². The molecule has 2 N–H and O–H groups in total. The third-order valence-electron chi connectivity index (χ3n) is 2.88. The zero-order valence-electron chi connectivity index (χ0n) is 11.6. The van der Waals surface area contributed by atoms with E-state index in [-0.39, 0.29) is 10.9 Å².